The fourth-order valence-electron chi connectivity index (χ4n) is 3.31. The van der Waals surface area contributed by atoms with Crippen molar-refractivity contribution in [3.63, 3.8) is 0 Å². The van der Waals surface area contributed by atoms with E-state index in [1.165, 1.54) is 0 Å². The van der Waals surface area contributed by atoms with Crippen LogP contribution in [0.4, 0.5) is 5.82 Å². The van der Waals surface area contributed by atoms with Gasteiger partial charge in [0.25, 0.3) is 5.91 Å². The summed E-state index contributed by atoms with van der Waals surface area (Å²) in [4.78, 5) is 29.8. The maximum Gasteiger partial charge on any atom is 0.272 e. The molecule has 1 fully saturated rings. The Hall–Kier alpha value is -3.16. The van der Waals surface area contributed by atoms with Gasteiger partial charge >= 0.3 is 0 Å². The van der Waals surface area contributed by atoms with Gasteiger partial charge < -0.3 is 14.5 Å². The van der Waals surface area contributed by atoms with E-state index in [2.05, 4.69) is 15.0 Å². The summed E-state index contributed by atoms with van der Waals surface area (Å²) in [5, 5.41) is 0. The van der Waals surface area contributed by atoms with Crippen LogP contribution in [0.3, 0.4) is 0 Å². The van der Waals surface area contributed by atoms with Crippen molar-refractivity contribution in [1.82, 2.24) is 24.3 Å². The molecular formula is C19H22N6O2. The highest BCUT2D eigenvalue weighted by molar-refractivity contribution is 5.94. The van der Waals surface area contributed by atoms with Crippen LogP contribution in [0, 0.1) is 6.92 Å². The summed E-state index contributed by atoms with van der Waals surface area (Å²) < 4.78 is 7.81. The van der Waals surface area contributed by atoms with Gasteiger partial charge in [-0.3, -0.25) is 14.2 Å². The molecule has 0 saturated carbocycles. The Morgan fingerprint density at radius 2 is 2.11 bits per heavy atom. The first-order valence-electron chi connectivity index (χ1n) is 8.92. The van der Waals surface area contributed by atoms with E-state index in [1.807, 2.05) is 59.6 Å². The molecule has 0 aliphatic carbocycles. The molecule has 8 heteroatoms. The maximum atomic E-state index is 13.1. The summed E-state index contributed by atoms with van der Waals surface area (Å²) in [5.74, 6) is 1.19. The molecule has 140 valence electrons. The number of carbonyl (C=O) groups excluding carboxylic acids is 1. The second-order valence-electron chi connectivity index (χ2n) is 6.86. The van der Waals surface area contributed by atoms with Crippen LogP contribution < -0.4 is 9.64 Å². The first-order chi connectivity index (χ1) is 13.0. The van der Waals surface area contributed by atoms with Gasteiger partial charge in [-0.1, -0.05) is 6.07 Å². The van der Waals surface area contributed by atoms with Gasteiger partial charge in [0, 0.05) is 33.3 Å². The van der Waals surface area contributed by atoms with E-state index in [0.717, 1.165) is 23.6 Å². The average molecular weight is 366 g/mol. The normalized spacial score (nSPS) is 16.7. The predicted octanol–water partition coefficient (Wildman–Crippen LogP) is 1.79. The lowest BCUT2D eigenvalue weighted by Gasteiger charge is -2.18. The van der Waals surface area contributed by atoms with Gasteiger partial charge in [0.15, 0.2) is 5.82 Å². The second kappa shape index (κ2) is 6.86. The fourth-order valence-corrected chi connectivity index (χ4v) is 3.31. The number of rotatable bonds is 4. The highest BCUT2D eigenvalue weighted by Gasteiger charge is 2.31. The van der Waals surface area contributed by atoms with Crippen LogP contribution in [-0.4, -0.2) is 63.4 Å². The van der Waals surface area contributed by atoms with Crippen molar-refractivity contribution < 1.29 is 9.53 Å². The molecule has 4 heterocycles. The van der Waals surface area contributed by atoms with Crippen LogP contribution in [0.5, 0.6) is 5.88 Å². The Kier molecular flexibility index (Phi) is 4.39. The highest BCUT2D eigenvalue weighted by atomic mass is 16.5. The molecule has 3 aromatic heterocycles. The number of fused-ring (bicyclic) bond motifs is 1. The van der Waals surface area contributed by atoms with Gasteiger partial charge in [-0.25, -0.2) is 4.98 Å². The van der Waals surface area contributed by atoms with Gasteiger partial charge in [-0.05, 0) is 19.1 Å². The number of ether oxygens (including phenoxy) is 1. The molecule has 0 radical (unpaired) electrons. The molecular weight excluding hydrogens is 344 g/mol. The number of amides is 1. The number of anilines is 1. The predicted molar refractivity (Wildman–Crippen MR) is 101 cm³/mol. The lowest BCUT2D eigenvalue weighted by atomic mass is 10.3. The van der Waals surface area contributed by atoms with Crippen molar-refractivity contribution >= 4 is 17.4 Å². The summed E-state index contributed by atoms with van der Waals surface area (Å²) >= 11 is 0. The van der Waals surface area contributed by atoms with Crippen LogP contribution in [0.25, 0.3) is 5.65 Å². The largest absolute Gasteiger partial charge is 0.471 e. The van der Waals surface area contributed by atoms with Crippen molar-refractivity contribution in [2.45, 2.75) is 19.4 Å². The van der Waals surface area contributed by atoms with E-state index in [9.17, 15) is 4.79 Å². The number of aryl methyl sites for hydroxylation is 1. The van der Waals surface area contributed by atoms with Gasteiger partial charge in [-0.2, -0.15) is 4.98 Å². The lowest BCUT2D eigenvalue weighted by Crippen LogP contribution is -2.32. The van der Waals surface area contributed by atoms with Gasteiger partial charge in [0.2, 0.25) is 5.88 Å². The number of nitrogens with zero attached hydrogens (tertiary/aromatic N) is 6. The third-order valence-corrected chi connectivity index (χ3v) is 4.68. The lowest BCUT2D eigenvalue weighted by molar-refractivity contribution is 0.0763. The molecule has 0 spiro atoms. The summed E-state index contributed by atoms with van der Waals surface area (Å²) in [6.45, 7) is 3.03. The summed E-state index contributed by atoms with van der Waals surface area (Å²) in [5.41, 5.74) is 2.13. The minimum atomic E-state index is -0.0971. The summed E-state index contributed by atoms with van der Waals surface area (Å²) in [6.07, 6.45) is 5.82. The number of imidazole rings is 1. The van der Waals surface area contributed by atoms with Crippen LogP contribution in [0.2, 0.25) is 0 Å². The number of hydrogen-bond acceptors (Lipinski definition) is 6. The summed E-state index contributed by atoms with van der Waals surface area (Å²) in [7, 11) is 3.81. The topological polar surface area (TPSA) is 75.9 Å². The fraction of sp³-hybridized carbons (Fsp3) is 0.368. The van der Waals surface area contributed by atoms with Crippen LogP contribution in [0.15, 0.2) is 36.8 Å². The quantitative estimate of drug-likeness (QED) is 0.701. The molecule has 1 atom stereocenters. The van der Waals surface area contributed by atoms with Crippen molar-refractivity contribution in [3.05, 3.63) is 48.2 Å². The Bertz CT molecular complexity index is 983. The standard InChI is InChI=1S/C19H22N6O2/c1-13-18(25-8-5-4-6-15(25)21-13)19(26)24-9-7-14(12-24)27-17-11-20-10-16(22-17)23(2)3/h4-6,8,10-11,14H,7,9,12H2,1-3H3/t14-/m0/s1. The number of hydrogen-bond donors (Lipinski definition) is 0. The molecule has 1 saturated heterocycles. The third-order valence-electron chi connectivity index (χ3n) is 4.68. The minimum absolute atomic E-state index is 0.0228. The number of carbonyl (C=O) groups is 1. The first-order valence-corrected chi connectivity index (χ1v) is 8.92. The van der Waals surface area contributed by atoms with E-state index in [4.69, 9.17) is 4.74 Å². The number of pyridine rings is 1. The molecule has 0 N–H and O–H groups in total. The number of likely N-dealkylation sites (tertiary alicyclic amines) is 1. The van der Waals surface area contributed by atoms with Gasteiger partial charge in [0.1, 0.15) is 17.4 Å². The molecule has 4 rings (SSSR count). The van der Waals surface area contributed by atoms with Crippen molar-refractivity contribution in [3.8, 4) is 5.88 Å². The Morgan fingerprint density at radius 3 is 2.93 bits per heavy atom. The maximum absolute atomic E-state index is 13.1. The Morgan fingerprint density at radius 1 is 1.26 bits per heavy atom. The molecule has 27 heavy (non-hydrogen) atoms. The molecule has 0 bridgehead atoms. The average Bonchev–Trinajstić information content (AvgIpc) is 3.25. The molecule has 1 aliphatic heterocycles. The van der Waals surface area contributed by atoms with Crippen LogP contribution in [0.1, 0.15) is 22.6 Å². The summed E-state index contributed by atoms with van der Waals surface area (Å²) in [6, 6.07) is 5.71. The first kappa shape index (κ1) is 17.3. The van der Waals surface area contributed by atoms with Crippen molar-refractivity contribution in [2.24, 2.45) is 0 Å². The van der Waals surface area contributed by atoms with Gasteiger partial charge in [-0.15, -0.1) is 0 Å². The van der Waals surface area contributed by atoms with E-state index in [0.29, 0.717) is 24.7 Å². The zero-order valence-electron chi connectivity index (χ0n) is 15.7. The zero-order valence-corrected chi connectivity index (χ0v) is 15.7. The van der Waals surface area contributed by atoms with Crippen molar-refractivity contribution in [2.75, 3.05) is 32.1 Å². The molecule has 1 aliphatic rings. The molecule has 1 amide bonds. The highest BCUT2D eigenvalue weighted by Crippen LogP contribution is 2.21. The van der Waals surface area contributed by atoms with E-state index < -0.39 is 0 Å². The molecule has 0 unspecified atom stereocenters. The van der Waals surface area contributed by atoms with E-state index >= 15 is 0 Å². The smallest absolute Gasteiger partial charge is 0.272 e. The van der Waals surface area contributed by atoms with Crippen molar-refractivity contribution in [1.29, 1.82) is 0 Å². The van der Waals surface area contributed by atoms with Gasteiger partial charge in [0.05, 0.1) is 24.6 Å². The zero-order chi connectivity index (χ0) is 19.0. The molecule has 3 aromatic rings. The number of aromatic nitrogens is 4. The second-order valence-corrected chi connectivity index (χ2v) is 6.86. The molecule has 8 nitrogen and oxygen atoms in total. The Labute approximate surface area is 157 Å². The third kappa shape index (κ3) is 3.30. The monoisotopic (exact) mass is 366 g/mol. The molecule has 0 aromatic carbocycles. The SMILES string of the molecule is Cc1nc2ccccn2c1C(=O)N1CC[C@H](Oc2cncc(N(C)C)n2)C1. The van der Waals surface area contributed by atoms with Crippen LogP contribution in [-0.2, 0) is 0 Å². The van der Waals surface area contributed by atoms with E-state index in [-0.39, 0.29) is 12.0 Å². The minimum Gasteiger partial charge on any atom is -0.471 e. The Balaban J connectivity index is 1.48. The van der Waals surface area contributed by atoms with E-state index in [1.54, 1.807) is 12.4 Å². The van der Waals surface area contributed by atoms with Crippen LogP contribution >= 0.6 is 0 Å².